The number of nitrogens with zero attached hydrogens (tertiary/aromatic N) is 1. The number of phenolic OH excluding ortho intramolecular Hbond substituents is 1. The summed E-state index contributed by atoms with van der Waals surface area (Å²) in [6.07, 6.45) is 2.84. The van der Waals surface area contributed by atoms with Gasteiger partial charge in [-0.3, -0.25) is 4.79 Å². The molecule has 0 bridgehead atoms. The van der Waals surface area contributed by atoms with E-state index >= 15 is 0 Å². The normalized spacial score (nSPS) is 11.1. The highest BCUT2D eigenvalue weighted by atomic mass is 32.2. The molecule has 6 heteroatoms. The topological polar surface area (TPSA) is 66.7 Å². The molecule has 0 unspecified atom stereocenters. The maximum absolute atomic E-state index is 11.3. The summed E-state index contributed by atoms with van der Waals surface area (Å²) in [5.41, 5.74) is 0. The monoisotopic (exact) mass is 259 g/mol. The predicted molar refractivity (Wildman–Crippen MR) is 66.3 cm³/mol. The molecule has 1 rings (SSSR count). The quantitative estimate of drug-likeness (QED) is 0.840. The van der Waals surface area contributed by atoms with Crippen LogP contribution < -0.4 is 0 Å². The first kappa shape index (κ1) is 13.1. The minimum Gasteiger partial charge on any atom is -0.508 e. The van der Waals surface area contributed by atoms with E-state index in [1.54, 1.807) is 24.3 Å². The van der Waals surface area contributed by atoms with E-state index in [1.165, 1.54) is 24.3 Å². The number of hydrogen-bond donors (Lipinski definition) is 1. The van der Waals surface area contributed by atoms with Crippen LogP contribution in [0.1, 0.15) is 0 Å². The third-order valence-electron chi connectivity index (χ3n) is 1.50. The molecule has 0 aliphatic carbocycles. The molecule has 1 aromatic carbocycles. The third-order valence-corrected chi connectivity index (χ3v) is 3.12. The molecule has 0 fully saturated rings. The highest BCUT2D eigenvalue weighted by Gasteiger charge is 2.03. The number of hydrogen-bond acceptors (Lipinski definition) is 4. The highest BCUT2D eigenvalue weighted by Crippen LogP contribution is 2.22. The second kappa shape index (κ2) is 5.36. The molecule has 0 heterocycles. The summed E-state index contributed by atoms with van der Waals surface area (Å²) < 4.78 is 14.8. The van der Waals surface area contributed by atoms with Crippen molar-refractivity contribution < 1.29 is 14.1 Å². The predicted octanol–water partition coefficient (Wildman–Crippen LogP) is 1.74. The molecule has 0 aliphatic heterocycles. The van der Waals surface area contributed by atoms with Crippen LogP contribution in [0.3, 0.4) is 0 Å². The van der Waals surface area contributed by atoms with Gasteiger partial charge in [0, 0.05) is 27.1 Å². The van der Waals surface area contributed by atoms with Gasteiger partial charge in [0.05, 0.1) is 5.75 Å². The molecule has 88 valence electrons. The van der Waals surface area contributed by atoms with Crippen LogP contribution in [0.15, 0.2) is 33.5 Å². The van der Waals surface area contributed by atoms with E-state index in [-0.39, 0.29) is 11.5 Å². The number of thioether (sulfide) groups is 1. The van der Waals surface area contributed by atoms with Crippen molar-refractivity contribution in [1.29, 1.82) is 0 Å². The Labute approximate surface area is 99.2 Å². The minimum atomic E-state index is -2.37. The second-order valence-corrected chi connectivity index (χ2v) is 7.05. The summed E-state index contributed by atoms with van der Waals surface area (Å²) in [6, 6.07) is 6.60. The lowest BCUT2D eigenvalue weighted by Crippen LogP contribution is -2.02. The van der Waals surface area contributed by atoms with Crippen molar-refractivity contribution in [3.63, 3.8) is 0 Å². The molecule has 1 N–H and O–H groups in total. The Morgan fingerprint density at radius 2 is 2.19 bits per heavy atom. The summed E-state index contributed by atoms with van der Waals surface area (Å²) >= 11 is 1.25. The molecular formula is C10H13NO3S2. The SMILES string of the molecule is CS(C)(=O)=NC(=O)CSc1cccc(O)c1. The Morgan fingerprint density at radius 1 is 1.50 bits per heavy atom. The Hall–Kier alpha value is -1.01. The molecule has 0 atom stereocenters. The van der Waals surface area contributed by atoms with Crippen LogP contribution in [0.5, 0.6) is 5.75 Å². The molecule has 1 aromatic rings. The third kappa shape index (κ3) is 5.18. The van der Waals surface area contributed by atoms with Crippen molar-refractivity contribution in [3.8, 4) is 5.75 Å². The Morgan fingerprint density at radius 3 is 2.75 bits per heavy atom. The number of amides is 1. The van der Waals surface area contributed by atoms with Crippen LogP contribution in [0.2, 0.25) is 0 Å². The number of carbonyl (C=O) groups is 1. The van der Waals surface area contributed by atoms with Gasteiger partial charge in [0.1, 0.15) is 5.75 Å². The van der Waals surface area contributed by atoms with Crippen LogP contribution in [-0.4, -0.2) is 33.5 Å². The summed E-state index contributed by atoms with van der Waals surface area (Å²) in [7, 11) is -2.37. The van der Waals surface area contributed by atoms with E-state index in [0.717, 1.165) is 4.90 Å². The van der Waals surface area contributed by atoms with Crippen LogP contribution >= 0.6 is 11.8 Å². The molecule has 0 spiro atoms. The Kier molecular flexibility index (Phi) is 4.37. The molecule has 4 nitrogen and oxygen atoms in total. The van der Waals surface area contributed by atoms with Gasteiger partial charge < -0.3 is 5.11 Å². The molecular weight excluding hydrogens is 246 g/mol. The molecule has 0 saturated carbocycles. The van der Waals surface area contributed by atoms with Gasteiger partial charge in [-0.25, -0.2) is 4.21 Å². The zero-order valence-corrected chi connectivity index (χ0v) is 10.7. The van der Waals surface area contributed by atoms with Crippen molar-refractivity contribution in [2.24, 2.45) is 4.36 Å². The van der Waals surface area contributed by atoms with Crippen molar-refractivity contribution in [1.82, 2.24) is 0 Å². The lowest BCUT2D eigenvalue weighted by molar-refractivity contribution is -0.115. The molecule has 0 radical (unpaired) electrons. The molecule has 1 amide bonds. The van der Waals surface area contributed by atoms with E-state index in [4.69, 9.17) is 0 Å². The van der Waals surface area contributed by atoms with Gasteiger partial charge in [0.15, 0.2) is 0 Å². The fraction of sp³-hybridized carbons (Fsp3) is 0.300. The Bertz CT molecular complexity index is 497. The largest absolute Gasteiger partial charge is 0.508 e. The molecule has 0 aromatic heterocycles. The zero-order valence-electron chi connectivity index (χ0n) is 9.04. The van der Waals surface area contributed by atoms with Gasteiger partial charge in [-0.05, 0) is 18.2 Å². The number of phenols is 1. The van der Waals surface area contributed by atoms with Gasteiger partial charge in [0.2, 0.25) is 0 Å². The number of aromatic hydroxyl groups is 1. The molecule has 0 saturated heterocycles. The van der Waals surface area contributed by atoms with Gasteiger partial charge in [-0.2, -0.15) is 4.36 Å². The van der Waals surface area contributed by atoms with Gasteiger partial charge in [-0.1, -0.05) is 6.07 Å². The standard InChI is InChI=1S/C10H13NO3S2/c1-16(2,14)11-10(13)7-15-9-5-3-4-8(12)6-9/h3-6,12H,7H2,1-2H3. The average Bonchev–Trinajstić information content (AvgIpc) is 2.12. The fourth-order valence-electron chi connectivity index (χ4n) is 0.990. The van der Waals surface area contributed by atoms with Crippen molar-refractivity contribution in [2.75, 3.05) is 18.3 Å². The Balaban J connectivity index is 2.60. The number of carbonyl (C=O) groups excluding carboxylic acids is 1. The smallest absolute Gasteiger partial charge is 0.264 e. The minimum absolute atomic E-state index is 0.127. The highest BCUT2D eigenvalue weighted by molar-refractivity contribution is 8.00. The van der Waals surface area contributed by atoms with Gasteiger partial charge in [0.25, 0.3) is 5.91 Å². The van der Waals surface area contributed by atoms with Crippen LogP contribution in [0.4, 0.5) is 0 Å². The molecule has 16 heavy (non-hydrogen) atoms. The number of rotatable bonds is 3. The lowest BCUT2D eigenvalue weighted by atomic mass is 10.3. The maximum Gasteiger partial charge on any atom is 0.264 e. The first-order valence-electron chi connectivity index (χ1n) is 4.48. The van der Waals surface area contributed by atoms with Crippen molar-refractivity contribution in [3.05, 3.63) is 24.3 Å². The van der Waals surface area contributed by atoms with E-state index in [9.17, 15) is 14.1 Å². The van der Waals surface area contributed by atoms with E-state index in [2.05, 4.69) is 4.36 Å². The fourth-order valence-corrected chi connectivity index (χ4v) is 2.36. The summed E-state index contributed by atoms with van der Waals surface area (Å²) in [6.45, 7) is 0. The maximum atomic E-state index is 11.3. The van der Waals surface area contributed by atoms with E-state index < -0.39 is 15.6 Å². The summed E-state index contributed by atoms with van der Waals surface area (Å²) in [4.78, 5) is 12.1. The molecule has 0 aliphatic rings. The van der Waals surface area contributed by atoms with Crippen molar-refractivity contribution in [2.45, 2.75) is 4.90 Å². The van der Waals surface area contributed by atoms with Crippen LogP contribution in [0, 0.1) is 0 Å². The van der Waals surface area contributed by atoms with Gasteiger partial charge in [-0.15, -0.1) is 11.8 Å². The van der Waals surface area contributed by atoms with Gasteiger partial charge >= 0.3 is 0 Å². The van der Waals surface area contributed by atoms with Crippen LogP contribution in [0.25, 0.3) is 0 Å². The second-order valence-electron chi connectivity index (χ2n) is 3.45. The summed E-state index contributed by atoms with van der Waals surface area (Å²) in [5.74, 6) is -0.116. The zero-order chi connectivity index (χ0) is 12.2. The first-order chi connectivity index (χ1) is 7.37. The number of benzene rings is 1. The lowest BCUT2D eigenvalue weighted by Gasteiger charge is -1.99. The van der Waals surface area contributed by atoms with Crippen LogP contribution in [-0.2, 0) is 14.5 Å². The first-order valence-corrected chi connectivity index (χ1v) is 7.80. The average molecular weight is 259 g/mol. The summed E-state index contributed by atoms with van der Waals surface area (Å²) in [5, 5.41) is 9.20. The van der Waals surface area contributed by atoms with E-state index in [0.29, 0.717) is 0 Å². The van der Waals surface area contributed by atoms with E-state index in [1.807, 2.05) is 0 Å². The van der Waals surface area contributed by atoms with Crippen molar-refractivity contribution >= 4 is 27.4 Å².